The van der Waals surface area contributed by atoms with Crippen LogP contribution in [0.25, 0.3) is 0 Å². The molecule has 0 spiro atoms. The highest BCUT2D eigenvalue weighted by Crippen LogP contribution is 1.83. The van der Waals surface area contributed by atoms with E-state index in [0.29, 0.717) is 0 Å². The molecule has 0 saturated carbocycles. The Kier molecular flexibility index (Phi) is 4.62. The molecule has 6 heavy (non-hydrogen) atoms. The van der Waals surface area contributed by atoms with E-state index in [1.54, 1.807) is 0 Å². The van der Waals surface area contributed by atoms with Gasteiger partial charge in [0.15, 0.2) is 17.4 Å². The summed E-state index contributed by atoms with van der Waals surface area (Å²) in [6, 6.07) is 0. The van der Waals surface area contributed by atoms with Crippen molar-refractivity contribution in [1.29, 1.82) is 0 Å². The van der Waals surface area contributed by atoms with Gasteiger partial charge >= 0.3 is 0 Å². The Labute approximate surface area is 51.1 Å². The molecule has 38 valence electrons. The second-order valence-corrected chi connectivity index (χ2v) is 7.10. The fourth-order valence-corrected chi connectivity index (χ4v) is 0. The molecule has 0 aliphatic rings. The van der Waals surface area contributed by atoms with Crippen LogP contribution < -0.4 is 5.40 Å². The Morgan fingerprint density at radius 3 is 1.17 bits per heavy atom. The van der Waals surface area contributed by atoms with Crippen LogP contribution in [-0.2, 0) is 0 Å². The van der Waals surface area contributed by atoms with E-state index in [1.165, 1.54) is 0 Å². The zero-order valence-electron chi connectivity index (χ0n) is 4.08. The van der Waals surface area contributed by atoms with Gasteiger partial charge in [0.05, 0.1) is 0 Å². The van der Waals surface area contributed by atoms with Crippen LogP contribution in [-0.4, -0.2) is 25.6 Å². The highest BCUT2D eigenvalue weighted by atomic mass is 28.3. The summed E-state index contributed by atoms with van der Waals surface area (Å²) in [5.74, 6) is 0. The van der Waals surface area contributed by atoms with Crippen LogP contribution in [0.4, 0.5) is 0 Å². The summed E-state index contributed by atoms with van der Waals surface area (Å²) in [6.45, 7) is 6.31. The predicted octanol–water partition coefficient (Wildman–Crippen LogP) is -0.404. The monoisotopic (exact) mass is 119 g/mol. The molecule has 0 heterocycles. The van der Waals surface area contributed by atoms with Crippen LogP contribution in [0.15, 0.2) is 0 Å². The third kappa shape index (κ3) is 129. The summed E-state index contributed by atoms with van der Waals surface area (Å²) in [6.07, 6.45) is 0. The van der Waals surface area contributed by atoms with Crippen molar-refractivity contribution in [3.63, 3.8) is 0 Å². The zero-order valence-corrected chi connectivity index (χ0v) is 5.08. The molecular formula is C3H14AlNSi. The minimum atomic E-state index is -1.11. The molecule has 0 fully saturated rings. The van der Waals surface area contributed by atoms with Gasteiger partial charge in [0.2, 0.25) is 0 Å². The molecule has 0 aliphatic heterocycles. The average Bonchev–Trinajstić information content (AvgIpc) is 0.722. The number of nitrogens with two attached hydrogens (primary N) is 1. The molecule has 3 heteroatoms. The van der Waals surface area contributed by atoms with E-state index in [0.717, 1.165) is 0 Å². The number of hydrogen-bond donors (Lipinski definition) is 1. The van der Waals surface area contributed by atoms with Crippen LogP contribution in [0, 0.1) is 0 Å². The second kappa shape index (κ2) is 2.81. The maximum absolute atomic E-state index is 5.49. The SMILES string of the molecule is C[Si](C)(C)N.[AlH3]. The molecule has 0 atom stereocenters. The summed E-state index contributed by atoms with van der Waals surface area (Å²) < 4.78 is 0. The van der Waals surface area contributed by atoms with Crippen molar-refractivity contribution in [3.8, 4) is 0 Å². The molecule has 0 aliphatic carbocycles. The molecule has 0 bridgehead atoms. The topological polar surface area (TPSA) is 26.0 Å². The van der Waals surface area contributed by atoms with E-state index in [9.17, 15) is 0 Å². The molecule has 0 aromatic carbocycles. The fraction of sp³-hybridized carbons (Fsp3) is 1.00. The molecule has 2 N–H and O–H groups in total. The molecule has 0 saturated heterocycles. The van der Waals surface area contributed by atoms with E-state index in [1.807, 2.05) is 0 Å². The normalized spacial score (nSPS) is 10.0. The lowest BCUT2D eigenvalue weighted by Gasteiger charge is -2.02. The van der Waals surface area contributed by atoms with Crippen LogP contribution in [0.2, 0.25) is 19.6 Å². The predicted molar refractivity (Wildman–Crippen MR) is 37.5 cm³/mol. The molecule has 0 aromatic rings. The summed E-state index contributed by atoms with van der Waals surface area (Å²) in [5, 5.41) is 5.49. The molecule has 0 unspecified atom stereocenters. The first-order valence-electron chi connectivity index (χ1n) is 1.79. The lowest BCUT2D eigenvalue weighted by molar-refractivity contribution is 1.58. The van der Waals surface area contributed by atoms with E-state index >= 15 is 0 Å². The van der Waals surface area contributed by atoms with Gasteiger partial charge in [-0.15, -0.1) is 0 Å². The Morgan fingerprint density at radius 2 is 1.17 bits per heavy atom. The van der Waals surface area contributed by atoms with E-state index < -0.39 is 8.24 Å². The van der Waals surface area contributed by atoms with Gasteiger partial charge in [0.25, 0.3) is 0 Å². The highest BCUT2D eigenvalue weighted by molar-refractivity contribution is 6.72. The van der Waals surface area contributed by atoms with Crippen LogP contribution in [0.5, 0.6) is 0 Å². The van der Waals surface area contributed by atoms with Gasteiger partial charge in [-0.2, -0.15) is 0 Å². The van der Waals surface area contributed by atoms with Gasteiger partial charge in [0.1, 0.15) is 8.24 Å². The van der Waals surface area contributed by atoms with Crippen molar-refractivity contribution in [2.75, 3.05) is 0 Å². The first-order valence-corrected chi connectivity index (χ1v) is 5.37. The minimum Gasteiger partial charge on any atom is -0.351 e. The summed E-state index contributed by atoms with van der Waals surface area (Å²) in [4.78, 5) is 0. The van der Waals surface area contributed by atoms with Gasteiger partial charge in [-0.1, -0.05) is 19.6 Å². The van der Waals surface area contributed by atoms with Crippen molar-refractivity contribution in [2.24, 2.45) is 5.40 Å². The zero-order chi connectivity index (χ0) is 4.50. The quantitative estimate of drug-likeness (QED) is 0.431. The van der Waals surface area contributed by atoms with E-state index in [4.69, 9.17) is 5.40 Å². The minimum absolute atomic E-state index is 0. The molecule has 0 radical (unpaired) electrons. The fourth-order valence-electron chi connectivity index (χ4n) is 0. The van der Waals surface area contributed by atoms with Gasteiger partial charge in [-0.25, -0.2) is 0 Å². The maximum atomic E-state index is 5.49. The third-order valence-electron chi connectivity index (χ3n) is 0. The Morgan fingerprint density at radius 1 is 1.17 bits per heavy atom. The van der Waals surface area contributed by atoms with Gasteiger partial charge in [0, 0.05) is 0 Å². The first-order chi connectivity index (χ1) is 2.00. The van der Waals surface area contributed by atoms with Crippen molar-refractivity contribution in [3.05, 3.63) is 0 Å². The highest BCUT2D eigenvalue weighted by Gasteiger charge is 2.00. The standard InChI is InChI=1S/C3H11NSi.Al.3H/c1-5(2,3)4;;;;/h4H2,1-3H3;;;;. The van der Waals surface area contributed by atoms with Gasteiger partial charge in [-0.3, -0.25) is 0 Å². The Balaban J connectivity index is 0. The van der Waals surface area contributed by atoms with Crippen LogP contribution >= 0.6 is 0 Å². The third-order valence-corrected chi connectivity index (χ3v) is 0. The molecule has 0 amide bonds. The van der Waals surface area contributed by atoms with Crippen molar-refractivity contribution in [1.82, 2.24) is 0 Å². The largest absolute Gasteiger partial charge is 0.351 e. The average molecular weight is 119 g/mol. The summed E-state index contributed by atoms with van der Waals surface area (Å²) >= 11 is 0. The van der Waals surface area contributed by atoms with Crippen molar-refractivity contribution in [2.45, 2.75) is 19.6 Å². The Hall–Kier alpha value is 0.709. The molecular weight excluding hydrogens is 105 g/mol. The van der Waals surface area contributed by atoms with Crippen molar-refractivity contribution < 1.29 is 0 Å². The molecule has 1 nitrogen and oxygen atoms in total. The summed E-state index contributed by atoms with van der Waals surface area (Å²) in [7, 11) is -1.11. The smallest absolute Gasteiger partial charge is 0.187 e. The van der Waals surface area contributed by atoms with Crippen molar-refractivity contribution >= 4 is 25.6 Å². The summed E-state index contributed by atoms with van der Waals surface area (Å²) in [5.41, 5.74) is 0. The van der Waals surface area contributed by atoms with Gasteiger partial charge < -0.3 is 5.40 Å². The van der Waals surface area contributed by atoms with Crippen LogP contribution in [0.1, 0.15) is 0 Å². The van der Waals surface area contributed by atoms with Gasteiger partial charge in [-0.05, 0) is 0 Å². The molecule has 0 aromatic heterocycles. The lowest BCUT2D eigenvalue weighted by Crippen LogP contribution is -2.32. The lowest BCUT2D eigenvalue weighted by atomic mass is 11.8. The number of rotatable bonds is 0. The number of hydrogen-bond acceptors (Lipinski definition) is 1. The second-order valence-electron chi connectivity index (χ2n) is 2.37. The Bertz CT molecular complexity index is 26.3. The first kappa shape index (κ1) is 9.86. The molecule has 0 rings (SSSR count). The maximum Gasteiger partial charge on any atom is 0.187 e. The van der Waals surface area contributed by atoms with E-state index in [2.05, 4.69) is 19.6 Å². The van der Waals surface area contributed by atoms with Crippen LogP contribution in [0.3, 0.4) is 0 Å². The van der Waals surface area contributed by atoms with E-state index in [-0.39, 0.29) is 17.4 Å².